The summed E-state index contributed by atoms with van der Waals surface area (Å²) in [5.41, 5.74) is 4.46. The van der Waals surface area contributed by atoms with Crippen molar-refractivity contribution in [1.82, 2.24) is 0 Å². The second kappa shape index (κ2) is 6.97. The highest BCUT2D eigenvalue weighted by atomic mass is 16.4. The first-order valence-electron chi connectivity index (χ1n) is 8.04. The third-order valence-corrected chi connectivity index (χ3v) is 4.59. The Morgan fingerprint density at radius 3 is 2.29 bits per heavy atom. The number of aliphatic carboxylic acids is 1. The standard InChI is InChI=1S/C18H27NO2/c1-12-9-13(2)17(14(3)10-12)19-16(18(20)21)11-15-7-5-4-6-8-15/h9-10,15-16,19H,4-8,11H2,1-3H3,(H,20,21)/t16-/m0/s1. The summed E-state index contributed by atoms with van der Waals surface area (Å²) in [6.07, 6.45) is 6.90. The fourth-order valence-electron chi connectivity index (χ4n) is 3.56. The van der Waals surface area contributed by atoms with Gasteiger partial charge in [-0.05, 0) is 44.2 Å². The molecule has 0 saturated heterocycles. The Kier molecular flexibility index (Phi) is 5.27. The van der Waals surface area contributed by atoms with E-state index >= 15 is 0 Å². The molecular weight excluding hydrogens is 262 g/mol. The molecule has 3 nitrogen and oxygen atoms in total. The van der Waals surface area contributed by atoms with E-state index in [1.807, 2.05) is 13.8 Å². The van der Waals surface area contributed by atoms with Crippen LogP contribution < -0.4 is 5.32 Å². The average molecular weight is 289 g/mol. The fraction of sp³-hybridized carbons (Fsp3) is 0.611. The van der Waals surface area contributed by atoms with Crippen LogP contribution in [0.4, 0.5) is 5.69 Å². The Morgan fingerprint density at radius 1 is 1.19 bits per heavy atom. The molecule has 1 aliphatic carbocycles. The lowest BCUT2D eigenvalue weighted by Crippen LogP contribution is -2.32. The first kappa shape index (κ1) is 15.9. The van der Waals surface area contributed by atoms with E-state index in [2.05, 4.69) is 24.4 Å². The van der Waals surface area contributed by atoms with Crippen LogP contribution in [0.25, 0.3) is 0 Å². The highest BCUT2D eigenvalue weighted by Crippen LogP contribution is 2.29. The van der Waals surface area contributed by atoms with Gasteiger partial charge in [0.2, 0.25) is 0 Å². The van der Waals surface area contributed by atoms with Crippen LogP contribution in [0.15, 0.2) is 12.1 Å². The predicted molar refractivity (Wildman–Crippen MR) is 86.9 cm³/mol. The molecule has 0 amide bonds. The lowest BCUT2D eigenvalue weighted by molar-refractivity contribution is -0.138. The quantitative estimate of drug-likeness (QED) is 0.842. The van der Waals surface area contributed by atoms with Crippen molar-refractivity contribution in [2.45, 2.75) is 65.3 Å². The molecule has 0 aliphatic heterocycles. The van der Waals surface area contributed by atoms with Gasteiger partial charge in [0.15, 0.2) is 0 Å². The molecule has 1 aromatic carbocycles. The van der Waals surface area contributed by atoms with Crippen LogP contribution in [0, 0.1) is 26.7 Å². The minimum atomic E-state index is -0.736. The molecule has 1 atom stereocenters. The number of nitrogens with one attached hydrogen (secondary N) is 1. The summed E-state index contributed by atoms with van der Waals surface area (Å²) in [6, 6.07) is 3.73. The van der Waals surface area contributed by atoms with Crippen molar-refractivity contribution >= 4 is 11.7 Å². The summed E-state index contributed by atoms with van der Waals surface area (Å²) in [6.45, 7) is 6.16. The van der Waals surface area contributed by atoms with Gasteiger partial charge in [0.25, 0.3) is 0 Å². The summed E-state index contributed by atoms with van der Waals surface area (Å²) >= 11 is 0. The van der Waals surface area contributed by atoms with Crippen molar-refractivity contribution in [2.75, 3.05) is 5.32 Å². The number of hydrogen-bond donors (Lipinski definition) is 2. The molecule has 1 aromatic rings. The smallest absolute Gasteiger partial charge is 0.326 e. The van der Waals surface area contributed by atoms with E-state index in [9.17, 15) is 9.90 Å². The molecule has 0 spiro atoms. The third-order valence-electron chi connectivity index (χ3n) is 4.59. The first-order chi connectivity index (χ1) is 9.97. The van der Waals surface area contributed by atoms with E-state index in [0.29, 0.717) is 5.92 Å². The van der Waals surface area contributed by atoms with Crippen LogP contribution >= 0.6 is 0 Å². The Bertz CT molecular complexity index is 481. The number of rotatable bonds is 5. The minimum absolute atomic E-state index is 0.479. The number of carboxylic acid groups (broad SMARTS) is 1. The Balaban J connectivity index is 2.11. The predicted octanol–water partition coefficient (Wildman–Crippen LogP) is 4.45. The third kappa shape index (κ3) is 4.23. The summed E-state index contributed by atoms with van der Waals surface area (Å²) < 4.78 is 0. The fourth-order valence-corrected chi connectivity index (χ4v) is 3.56. The Labute approximate surface area is 127 Å². The zero-order chi connectivity index (χ0) is 15.4. The van der Waals surface area contributed by atoms with Gasteiger partial charge >= 0.3 is 5.97 Å². The van der Waals surface area contributed by atoms with E-state index in [4.69, 9.17) is 0 Å². The molecule has 1 saturated carbocycles. The molecule has 3 heteroatoms. The topological polar surface area (TPSA) is 49.3 Å². The Hall–Kier alpha value is -1.51. The van der Waals surface area contributed by atoms with Gasteiger partial charge in [0.05, 0.1) is 0 Å². The maximum atomic E-state index is 11.6. The van der Waals surface area contributed by atoms with E-state index in [1.54, 1.807) is 0 Å². The molecule has 0 aromatic heterocycles. The number of benzene rings is 1. The van der Waals surface area contributed by atoms with Gasteiger partial charge in [-0.25, -0.2) is 4.79 Å². The highest BCUT2D eigenvalue weighted by Gasteiger charge is 2.24. The second-order valence-corrected chi connectivity index (χ2v) is 6.55. The molecule has 2 rings (SSSR count). The molecule has 0 bridgehead atoms. The number of anilines is 1. The number of carboxylic acids is 1. The van der Waals surface area contributed by atoms with E-state index < -0.39 is 12.0 Å². The van der Waals surface area contributed by atoms with Crippen LogP contribution in [0.5, 0.6) is 0 Å². The Morgan fingerprint density at radius 2 is 1.76 bits per heavy atom. The van der Waals surface area contributed by atoms with Crippen LogP contribution in [-0.4, -0.2) is 17.1 Å². The normalized spacial score (nSPS) is 17.5. The van der Waals surface area contributed by atoms with Gasteiger partial charge in [-0.2, -0.15) is 0 Å². The molecule has 0 heterocycles. The monoisotopic (exact) mass is 289 g/mol. The van der Waals surface area contributed by atoms with Gasteiger partial charge in [-0.15, -0.1) is 0 Å². The lowest BCUT2D eigenvalue weighted by Gasteiger charge is -2.26. The number of aryl methyl sites for hydroxylation is 3. The molecule has 116 valence electrons. The number of hydrogen-bond acceptors (Lipinski definition) is 2. The van der Waals surface area contributed by atoms with Crippen LogP contribution in [0.2, 0.25) is 0 Å². The maximum Gasteiger partial charge on any atom is 0.326 e. The second-order valence-electron chi connectivity index (χ2n) is 6.55. The molecule has 2 N–H and O–H groups in total. The minimum Gasteiger partial charge on any atom is -0.480 e. The van der Waals surface area contributed by atoms with Gasteiger partial charge in [-0.1, -0.05) is 49.8 Å². The zero-order valence-corrected chi connectivity index (χ0v) is 13.4. The van der Waals surface area contributed by atoms with Crippen LogP contribution in [0.3, 0.4) is 0 Å². The highest BCUT2D eigenvalue weighted by molar-refractivity contribution is 5.78. The van der Waals surface area contributed by atoms with Gasteiger partial charge in [0, 0.05) is 5.69 Å². The summed E-state index contributed by atoms with van der Waals surface area (Å²) in [7, 11) is 0. The van der Waals surface area contributed by atoms with Crippen molar-refractivity contribution in [3.05, 3.63) is 28.8 Å². The van der Waals surface area contributed by atoms with Crippen molar-refractivity contribution in [2.24, 2.45) is 5.92 Å². The lowest BCUT2D eigenvalue weighted by atomic mass is 9.84. The summed E-state index contributed by atoms with van der Waals surface area (Å²) in [5.74, 6) is -0.182. The first-order valence-corrected chi connectivity index (χ1v) is 8.04. The van der Waals surface area contributed by atoms with Crippen molar-refractivity contribution in [1.29, 1.82) is 0 Å². The molecule has 0 radical (unpaired) electrons. The maximum absolute atomic E-state index is 11.6. The molecule has 1 fully saturated rings. The van der Waals surface area contributed by atoms with Crippen molar-refractivity contribution in [3.63, 3.8) is 0 Å². The molecule has 1 aliphatic rings. The van der Waals surface area contributed by atoms with Crippen LogP contribution in [0.1, 0.15) is 55.2 Å². The summed E-state index contributed by atoms with van der Waals surface area (Å²) in [5, 5.41) is 12.8. The van der Waals surface area contributed by atoms with Crippen LogP contribution in [-0.2, 0) is 4.79 Å². The van der Waals surface area contributed by atoms with Gasteiger partial charge < -0.3 is 10.4 Å². The molecule has 0 unspecified atom stereocenters. The SMILES string of the molecule is Cc1cc(C)c(N[C@@H](CC2CCCCC2)C(=O)O)c(C)c1. The van der Waals surface area contributed by atoms with Crippen molar-refractivity contribution < 1.29 is 9.90 Å². The van der Waals surface area contributed by atoms with Crippen molar-refractivity contribution in [3.8, 4) is 0 Å². The average Bonchev–Trinajstić information content (AvgIpc) is 2.42. The summed E-state index contributed by atoms with van der Waals surface area (Å²) in [4.78, 5) is 11.6. The van der Waals surface area contributed by atoms with E-state index in [0.717, 1.165) is 23.2 Å². The van der Waals surface area contributed by atoms with Gasteiger partial charge in [-0.3, -0.25) is 0 Å². The van der Waals surface area contributed by atoms with Gasteiger partial charge in [0.1, 0.15) is 6.04 Å². The molecular formula is C18H27NO2. The molecule has 21 heavy (non-hydrogen) atoms. The van der Waals surface area contributed by atoms with E-state index in [1.165, 1.54) is 37.7 Å². The van der Waals surface area contributed by atoms with E-state index in [-0.39, 0.29) is 0 Å². The number of carbonyl (C=O) groups is 1. The largest absolute Gasteiger partial charge is 0.480 e. The zero-order valence-electron chi connectivity index (χ0n) is 13.4.